The third-order valence-electron chi connectivity index (χ3n) is 1.61. The Balaban J connectivity index is 2.77. The van der Waals surface area contributed by atoms with E-state index in [1.54, 1.807) is 13.1 Å². The molecule has 74 valence electrons. The van der Waals surface area contributed by atoms with Crippen LogP contribution in [-0.2, 0) is 0 Å². The lowest BCUT2D eigenvalue weighted by molar-refractivity contribution is 0.424. The van der Waals surface area contributed by atoms with Crippen molar-refractivity contribution < 1.29 is 4.52 Å². The fraction of sp³-hybridized carbons (Fsp3) is 0.444. The number of hydrogen-bond acceptors (Lipinski definition) is 5. The summed E-state index contributed by atoms with van der Waals surface area (Å²) in [6, 6.07) is 2.00. The lowest BCUT2D eigenvalue weighted by Gasteiger charge is -2.01. The molecule has 14 heavy (non-hydrogen) atoms. The molecule has 5 heteroatoms. The molecule has 0 bridgehead atoms. The highest BCUT2D eigenvalue weighted by Crippen LogP contribution is 2.20. The van der Waals surface area contributed by atoms with Gasteiger partial charge in [0.25, 0.3) is 5.88 Å². The average Bonchev–Trinajstić information content (AvgIpc) is 2.46. The molecule has 0 spiro atoms. The molecule has 0 saturated carbocycles. The van der Waals surface area contributed by atoms with Gasteiger partial charge in [0.05, 0.1) is 0 Å². The second kappa shape index (κ2) is 4.53. The van der Waals surface area contributed by atoms with Crippen LogP contribution in [0.2, 0.25) is 0 Å². The summed E-state index contributed by atoms with van der Waals surface area (Å²) in [4.78, 5) is 5.98. The zero-order valence-electron chi connectivity index (χ0n) is 8.48. The molecule has 1 rings (SSSR count). The Morgan fingerprint density at radius 3 is 2.93 bits per heavy atom. The maximum absolute atomic E-state index is 8.76. The zero-order valence-corrected chi connectivity index (χ0v) is 8.48. The first-order chi connectivity index (χ1) is 6.65. The molecule has 0 aliphatic rings. The highest BCUT2D eigenvalue weighted by molar-refractivity contribution is 5.65. The first kappa shape index (κ1) is 10.4. The monoisotopic (exact) mass is 192 g/mol. The number of hydrogen-bond donors (Lipinski definition) is 0. The maximum Gasteiger partial charge on any atom is 0.268 e. The maximum atomic E-state index is 8.76. The van der Waals surface area contributed by atoms with Crippen molar-refractivity contribution in [2.45, 2.75) is 6.92 Å². The molecule has 0 radical (unpaired) electrons. The Morgan fingerprint density at radius 2 is 2.36 bits per heavy atom. The highest BCUT2D eigenvalue weighted by atomic mass is 16.5. The van der Waals surface area contributed by atoms with Crippen molar-refractivity contribution in [2.24, 2.45) is 4.99 Å². The van der Waals surface area contributed by atoms with Crippen LogP contribution in [0, 0.1) is 18.3 Å². The van der Waals surface area contributed by atoms with Gasteiger partial charge in [-0.15, -0.1) is 0 Å². The van der Waals surface area contributed by atoms with Crippen molar-refractivity contribution in [1.29, 1.82) is 5.26 Å². The molecule has 1 aromatic rings. The molecule has 0 aromatic carbocycles. The Labute approximate surface area is 82.6 Å². The topological polar surface area (TPSA) is 65.4 Å². The summed E-state index contributed by atoms with van der Waals surface area (Å²) in [5.74, 6) is 0.284. The molecular weight excluding hydrogens is 180 g/mol. The minimum absolute atomic E-state index is 0.284. The van der Waals surface area contributed by atoms with E-state index in [2.05, 4.69) is 10.1 Å². The fourth-order valence-corrected chi connectivity index (χ4v) is 0.862. The third-order valence-corrected chi connectivity index (χ3v) is 1.61. The van der Waals surface area contributed by atoms with Gasteiger partial charge in [-0.05, 0) is 21.0 Å². The molecule has 0 aliphatic carbocycles. The quantitative estimate of drug-likeness (QED) is 0.673. The van der Waals surface area contributed by atoms with Gasteiger partial charge >= 0.3 is 0 Å². The Bertz CT molecular complexity index is 373. The van der Waals surface area contributed by atoms with Crippen LogP contribution in [0.25, 0.3) is 0 Å². The van der Waals surface area contributed by atoms with Crippen molar-refractivity contribution in [2.75, 3.05) is 20.6 Å². The van der Waals surface area contributed by atoms with Gasteiger partial charge < -0.3 is 9.42 Å². The van der Waals surface area contributed by atoms with Crippen LogP contribution in [0.15, 0.2) is 9.52 Å². The molecule has 0 aliphatic heterocycles. The minimum atomic E-state index is 0.284. The van der Waals surface area contributed by atoms with Crippen LogP contribution < -0.4 is 0 Å². The third kappa shape index (κ3) is 2.41. The summed E-state index contributed by atoms with van der Waals surface area (Å²) < 4.78 is 4.88. The van der Waals surface area contributed by atoms with Gasteiger partial charge in [0.15, 0.2) is 0 Å². The SMILES string of the molecule is Cc1noc(/N=C/CN(C)C)c1C#N. The van der Waals surface area contributed by atoms with Crippen molar-refractivity contribution in [3.63, 3.8) is 0 Å². The van der Waals surface area contributed by atoms with E-state index < -0.39 is 0 Å². The van der Waals surface area contributed by atoms with Crippen molar-refractivity contribution >= 4 is 12.1 Å². The summed E-state index contributed by atoms with van der Waals surface area (Å²) in [5, 5.41) is 12.4. The van der Waals surface area contributed by atoms with Crippen LogP contribution in [0.5, 0.6) is 0 Å². The minimum Gasteiger partial charge on any atom is -0.335 e. The lowest BCUT2D eigenvalue weighted by Crippen LogP contribution is -2.13. The molecule has 0 saturated heterocycles. The molecular formula is C9H12N4O. The first-order valence-corrected chi connectivity index (χ1v) is 4.18. The fourth-order valence-electron chi connectivity index (χ4n) is 0.862. The van der Waals surface area contributed by atoms with E-state index >= 15 is 0 Å². The average molecular weight is 192 g/mol. The van der Waals surface area contributed by atoms with Crippen molar-refractivity contribution in [3.8, 4) is 6.07 Å². The Kier molecular flexibility index (Phi) is 3.37. The van der Waals surface area contributed by atoms with E-state index in [1.807, 2.05) is 25.1 Å². The van der Waals surface area contributed by atoms with E-state index in [-0.39, 0.29) is 5.88 Å². The second-order valence-electron chi connectivity index (χ2n) is 3.13. The van der Waals surface area contributed by atoms with E-state index in [0.717, 1.165) is 0 Å². The smallest absolute Gasteiger partial charge is 0.268 e. The summed E-state index contributed by atoms with van der Waals surface area (Å²) in [6.07, 6.45) is 1.68. The van der Waals surface area contributed by atoms with Gasteiger partial charge in [-0.2, -0.15) is 5.26 Å². The van der Waals surface area contributed by atoms with Crippen LogP contribution in [0.4, 0.5) is 5.88 Å². The number of aliphatic imine (C=N–C) groups is 1. The van der Waals surface area contributed by atoms with E-state index in [1.165, 1.54) is 0 Å². The molecule has 5 nitrogen and oxygen atoms in total. The van der Waals surface area contributed by atoms with Gasteiger partial charge in [0.2, 0.25) is 0 Å². The largest absolute Gasteiger partial charge is 0.335 e. The van der Waals surface area contributed by atoms with Gasteiger partial charge in [-0.1, -0.05) is 5.16 Å². The molecule has 0 fully saturated rings. The van der Waals surface area contributed by atoms with Crippen molar-refractivity contribution in [1.82, 2.24) is 10.1 Å². The number of aromatic nitrogens is 1. The van der Waals surface area contributed by atoms with Gasteiger partial charge in [0, 0.05) is 12.8 Å². The van der Waals surface area contributed by atoms with Gasteiger partial charge in [-0.3, -0.25) is 0 Å². The normalized spacial score (nSPS) is 11.1. The van der Waals surface area contributed by atoms with Gasteiger partial charge in [-0.25, -0.2) is 4.99 Å². The van der Waals surface area contributed by atoms with Crippen LogP contribution >= 0.6 is 0 Å². The lowest BCUT2D eigenvalue weighted by atomic mass is 10.3. The number of aryl methyl sites for hydroxylation is 1. The molecule has 0 N–H and O–H groups in total. The molecule has 1 aromatic heterocycles. The standard InChI is InChI=1S/C9H12N4O/c1-7-8(6-10)9(14-12-7)11-4-5-13(2)3/h4H,5H2,1-3H3/b11-4+. The number of nitriles is 1. The summed E-state index contributed by atoms with van der Waals surface area (Å²) in [7, 11) is 3.87. The van der Waals surface area contributed by atoms with E-state index in [9.17, 15) is 0 Å². The highest BCUT2D eigenvalue weighted by Gasteiger charge is 2.09. The van der Waals surface area contributed by atoms with E-state index in [0.29, 0.717) is 17.8 Å². The Morgan fingerprint density at radius 1 is 1.64 bits per heavy atom. The molecule has 0 unspecified atom stereocenters. The summed E-state index contributed by atoms with van der Waals surface area (Å²) >= 11 is 0. The number of rotatable bonds is 3. The predicted octanol–water partition coefficient (Wildman–Crippen LogP) is 1.12. The van der Waals surface area contributed by atoms with Crippen LogP contribution in [-0.4, -0.2) is 36.9 Å². The second-order valence-corrected chi connectivity index (χ2v) is 3.13. The van der Waals surface area contributed by atoms with E-state index in [4.69, 9.17) is 9.78 Å². The summed E-state index contributed by atoms with van der Waals surface area (Å²) in [6.45, 7) is 2.41. The van der Waals surface area contributed by atoms with Crippen molar-refractivity contribution in [3.05, 3.63) is 11.3 Å². The first-order valence-electron chi connectivity index (χ1n) is 4.18. The van der Waals surface area contributed by atoms with Crippen LogP contribution in [0.3, 0.4) is 0 Å². The Hall–Kier alpha value is -1.67. The molecule has 0 amide bonds. The molecule has 1 heterocycles. The predicted molar refractivity (Wildman–Crippen MR) is 52.7 cm³/mol. The zero-order chi connectivity index (χ0) is 10.6. The number of nitrogens with zero attached hydrogens (tertiary/aromatic N) is 4. The van der Waals surface area contributed by atoms with Crippen LogP contribution in [0.1, 0.15) is 11.3 Å². The summed E-state index contributed by atoms with van der Waals surface area (Å²) in [5.41, 5.74) is 0.976. The van der Waals surface area contributed by atoms with Gasteiger partial charge in [0.1, 0.15) is 17.3 Å². The molecule has 0 atom stereocenters.